The molecule has 1 aromatic rings. The molecule has 1 N–H and O–H groups in total. The number of halogens is 4. The highest BCUT2D eigenvalue weighted by Gasteiger charge is 2.35. The van der Waals surface area contributed by atoms with Crippen LogP contribution in [0, 0.1) is 5.92 Å². The number of nitrogens with one attached hydrogen (secondary N) is 1. The van der Waals surface area contributed by atoms with E-state index < -0.39 is 11.7 Å². The lowest BCUT2D eigenvalue weighted by molar-refractivity contribution is -0.137. The highest BCUT2D eigenvalue weighted by molar-refractivity contribution is 5.85. The largest absolute Gasteiger partial charge is 0.416 e. The molecule has 0 radical (unpaired) electrons. The van der Waals surface area contributed by atoms with Crippen molar-refractivity contribution in [2.75, 3.05) is 26.2 Å². The van der Waals surface area contributed by atoms with Crippen LogP contribution in [0.15, 0.2) is 24.3 Å². The Bertz CT molecular complexity index is 465. The summed E-state index contributed by atoms with van der Waals surface area (Å²) >= 11 is 0. The van der Waals surface area contributed by atoms with Gasteiger partial charge in [-0.2, -0.15) is 13.2 Å². The molecular formula is C16H22ClF3N2. The number of alkyl halides is 3. The van der Waals surface area contributed by atoms with Gasteiger partial charge in [-0.25, -0.2) is 0 Å². The van der Waals surface area contributed by atoms with Crippen molar-refractivity contribution in [1.82, 2.24) is 10.2 Å². The monoisotopic (exact) mass is 334 g/mol. The molecule has 1 aromatic carbocycles. The van der Waals surface area contributed by atoms with Crippen molar-refractivity contribution in [1.29, 1.82) is 0 Å². The van der Waals surface area contributed by atoms with Gasteiger partial charge in [0.05, 0.1) is 5.56 Å². The predicted octanol–water partition coefficient (Wildman–Crippen LogP) is 3.87. The summed E-state index contributed by atoms with van der Waals surface area (Å²) in [5.74, 6) is 0.597. The van der Waals surface area contributed by atoms with Gasteiger partial charge in [0.25, 0.3) is 0 Å². The molecule has 1 aliphatic carbocycles. The summed E-state index contributed by atoms with van der Waals surface area (Å²) in [4.78, 5) is 2.43. The number of nitrogens with zero attached hydrogens (tertiary/aromatic N) is 1. The van der Waals surface area contributed by atoms with E-state index in [9.17, 15) is 13.2 Å². The molecule has 1 saturated carbocycles. The Morgan fingerprint density at radius 2 is 1.64 bits per heavy atom. The Labute approximate surface area is 135 Å². The van der Waals surface area contributed by atoms with Crippen molar-refractivity contribution in [2.45, 2.75) is 31.5 Å². The molecule has 0 amide bonds. The van der Waals surface area contributed by atoms with E-state index in [4.69, 9.17) is 0 Å². The zero-order valence-corrected chi connectivity index (χ0v) is 13.2. The Morgan fingerprint density at radius 1 is 1.05 bits per heavy atom. The molecule has 22 heavy (non-hydrogen) atoms. The molecule has 0 spiro atoms. The molecular weight excluding hydrogens is 313 g/mol. The molecule has 0 aromatic heterocycles. The topological polar surface area (TPSA) is 15.3 Å². The summed E-state index contributed by atoms with van der Waals surface area (Å²) in [6, 6.07) is 6.08. The van der Waals surface area contributed by atoms with Gasteiger partial charge in [-0.3, -0.25) is 4.90 Å². The fourth-order valence-electron chi connectivity index (χ4n) is 3.37. The number of benzene rings is 1. The van der Waals surface area contributed by atoms with Crippen LogP contribution in [0.25, 0.3) is 0 Å². The van der Waals surface area contributed by atoms with Crippen LogP contribution >= 0.6 is 12.4 Å². The molecule has 2 nitrogen and oxygen atoms in total. The number of hydrogen-bond acceptors (Lipinski definition) is 2. The normalized spacial score (nSPS) is 21.8. The van der Waals surface area contributed by atoms with E-state index in [1.54, 1.807) is 12.1 Å². The standard InChI is InChI=1S/C16H21F3N2.ClH/c17-16(18,19)14-6-4-13(5-7-14)15(12-2-1-3-12)21-10-8-20-9-11-21;/h4-7,12,15,20H,1-3,8-11H2;1H/t15-;/m1./s1. The summed E-state index contributed by atoms with van der Waals surface area (Å²) in [7, 11) is 0. The molecule has 3 rings (SSSR count). The average molecular weight is 335 g/mol. The number of rotatable bonds is 3. The molecule has 1 saturated heterocycles. The molecule has 1 heterocycles. The zero-order valence-electron chi connectivity index (χ0n) is 12.4. The van der Waals surface area contributed by atoms with E-state index in [1.165, 1.54) is 31.4 Å². The Kier molecular flexibility index (Phi) is 5.75. The summed E-state index contributed by atoms with van der Waals surface area (Å²) in [5.41, 5.74) is 0.480. The summed E-state index contributed by atoms with van der Waals surface area (Å²) < 4.78 is 38.1. The number of piperazine rings is 1. The second-order valence-electron chi connectivity index (χ2n) is 6.04. The van der Waals surface area contributed by atoms with Crippen LogP contribution in [0.5, 0.6) is 0 Å². The smallest absolute Gasteiger partial charge is 0.314 e. The van der Waals surface area contributed by atoms with E-state index in [1.807, 2.05) is 0 Å². The van der Waals surface area contributed by atoms with E-state index in [2.05, 4.69) is 10.2 Å². The summed E-state index contributed by atoms with van der Waals surface area (Å²) in [5, 5.41) is 3.33. The molecule has 0 bridgehead atoms. The second kappa shape index (κ2) is 7.20. The third kappa shape index (κ3) is 3.76. The van der Waals surface area contributed by atoms with Crippen LogP contribution in [0.1, 0.15) is 36.4 Å². The van der Waals surface area contributed by atoms with Gasteiger partial charge in [-0.05, 0) is 36.5 Å². The molecule has 2 aliphatic rings. The summed E-state index contributed by atoms with van der Waals surface area (Å²) in [6.45, 7) is 3.87. The fourth-order valence-corrected chi connectivity index (χ4v) is 3.37. The molecule has 124 valence electrons. The average Bonchev–Trinajstić information content (AvgIpc) is 2.43. The van der Waals surface area contributed by atoms with Crippen molar-refractivity contribution in [3.63, 3.8) is 0 Å². The maximum absolute atomic E-state index is 12.7. The second-order valence-corrected chi connectivity index (χ2v) is 6.04. The molecule has 6 heteroatoms. The van der Waals surface area contributed by atoms with E-state index in [0.717, 1.165) is 31.7 Å². The molecule has 1 atom stereocenters. The van der Waals surface area contributed by atoms with Crippen LogP contribution in [-0.4, -0.2) is 31.1 Å². The lowest BCUT2D eigenvalue weighted by Crippen LogP contribution is -2.47. The van der Waals surface area contributed by atoms with Crippen LogP contribution in [0.3, 0.4) is 0 Å². The van der Waals surface area contributed by atoms with Gasteiger partial charge in [0.2, 0.25) is 0 Å². The van der Waals surface area contributed by atoms with Gasteiger partial charge < -0.3 is 5.32 Å². The lowest BCUT2D eigenvalue weighted by Gasteiger charge is -2.43. The fraction of sp³-hybridized carbons (Fsp3) is 0.625. The van der Waals surface area contributed by atoms with Gasteiger partial charge in [0.1, 0.15) is 0 Å². The minimum absolute atomic E-state index is 0. The lowest BCUT2D eigenvalue weighted by atomic mass is 9.76. The SMILES string of the molecule is Cl.FC(F)(F)c1ccc([C@@H](C2CCC2)N2CCNCC2)cc1. The van der Waals surface area contributed by atoms with Crippen LogP contribution in [-0.2, 0) is 6.18 Å². The van der Waals surface area contributed by atoms with Crippen molar-refractivity contribution >= 4 is 12.4 Å². The van der Waals surface area contributed by atoms with Crippen molar-refractivity contribution in [3.05, 3.63) is 35.4 Å². The third-order valence-electron chi connectivity index (χ3n) is 4.72. The maximum atomic E-state index is 12.7. The minimum Gasteiger partial charge on any atom is -0.314 e. The van der Waals surface area contributed by atoms with Gasteiger partial charge in [-0.15, -0.1) is 12.4 Å². The van der Waals surface area contributed by atoms with Gasteiger partial charge in [0.15, 0.2) is 0 Å². The predicted molar refractivity (Wildman–Crippen MR) is 83.2 cm³/mol. The van der Waals surface area contributed by atoms with E-state index in [-0.39, 0.29) is 18.4 Å². The highest BCUT2D eigenvalue weighted by Crippen LogP contribution is 2.42. The molecule has 2 fully saturated rings. The Balaban J connectivity index is 0.00000176. The quantitative estimate of drug-likeness (QED) is 0.902. The van der Waals surface area contributed by atoms with Gasteiger partial charge in [0, 0.05) is 32.2 Å². The first-order chi connectivity index (χ1) is 10.1. The van der Waals surface area contributed by atoms with E-state index >= 15 is 0 Å². The van der Waals surface area contributed by atoms with Crippen molar-refractivity contribution in [3.8, 4) is 0 Å². The molecule has 1 aliphatic heterocycles. The minimum atomic E-state index is -4.25. The zero-order chi connectivity index (χ0) is 14.9. The van der Waals surface area contributed by atoms with Crippen LogP contribution in [0.4, 0.5) is 13.2 Å². The first kappa shape index (κ1) is 17.6. The number of hydrogen-bond donors (Lipinski definition) is 1. The van der Waals surface area contributed by atoms with Crippen molar-refractivity contribution in [2.24, 2.45) is 5.92 Å². The van der Waals surface area contributed by atoms with Gasteiger partial charge >= 0.3 is 6.18 Å². The molecule has 0 unspecified atom stereocenters. The Morgan fingerprint density at radius 3 is 2.09 bits per heavy atom. The van der Waals surface area contributed by atoms with Crippen LogP contribution < -0.4 is 5.32 Å². The van der Waals surface area contributed by atoms with Gasteiger partial charge in [-0.1, -0.05) is 18.6 Å². The third-order valence-corrected chi connectivity index (χ3v) is 4.72. The van der Waals surface area contributed by atoms with Crippen molar-refractivity contribution < 1.29 is 13.2 Å². The van der Waals surface area contributed by atoms with E-state index in [0.29, 0.717) is 5.92 Å². The first-order valence-corrected chi connectivity index (χ1v) is 7.67. The summed E-state index contributed by atoms with van der Waals surface area (Å²) in [6.07, 6.45) is -0.626. The van der Waals surface area contributed by atoms with Crippen LogP contribution in [0.2, 0.25) is 0 Å². The highest BCUT2D eigenvalue weighted by atomic mass is 35.5. The maximum Gasteiger partial charge on any atom is 0.416 e. The first-order valence-electron chi connectivity index (χ1n) is 7.67. The Hall–Kier alpha value is -0.780.